The normalized spacial score (nSPS) is 21.9. The second-order valence-corrected chi connectivity index (χ2v) is 8.01. The minimum Gasteiger partial charge on any atom is -0.497 e. The van der Waals surface area contributed by atoms with Crippen LogP contribution in [0.5, 0.6) is 11.5 Å². The molecule has 0 spiro atoms. The Hall–Kier alpha value is -3.84. The molecule has 5 rings (SSSR count). The van der Waals surface area contributed by atoms with Gasteiger partial charge in [0.25, 0.3) is 5.91 Å². The lowest BCUT2D eigenvalue weighted by Crippen LogP contribution is -2.37. The zero-order valence-corrected chi connectivity index (χ0v) is 18.4. The summed E-state index contributed by atoms with van der Waals surface area (Å²) in [4.78, 5) is 34.5. The summed E-state index contributed by atoms with van der Waals surface area (Å²) >= 11 is 0. The number of methoxy groups -OCH3 is 2. The molecule has 2 aliphatic heterocycles. The fraction of sp³-hybridized carbons (Fsp3) is 0.231. The molecule has 7 heteroatoms. The van der Waals surface area contributed by atoms with Gasteiger partial charge in [-0.2, -0.15) is 0 Å². The van der Waals surface area contributed by atoms with Crippen molar-refractivity contribution in [1.82, 2.24) is 4.90 Å². The lowest BCUT2D eigenvalue weighted by molar-refractivity contribution is -0.143. The van der Waals surface area contributed by atoms with Crippen LogP contribution in [0.15, 0.2) is 78.9 Å². The number of hydrogen-bond donors (Lipinski definition) is 0. The molecule has 0 aromatic heterocycles. The van der Waals surface area contributed by atoms with Crippen LogP contribution in [0.1, 0.15) is 17.2 Å². The van der Waals surface area contributed by atoms with E-state index >= 15 is 0 Å². The Morgan fingerprint density at radius 2 is 1.55 bits per heavy atom. The lowest BCUT2D eigenvalue weighted by Gasteiger charge is -2.29. The van der Waals surface area contributed by atoms with Gasteiger partial charge in [0, 0.05) is 5.56 Å². The van der Waals surface area contributed by atoms with E-state index in [4.69, 9.17) is 14.3 Å². The first-order valence-corrected chi connectivity index (χ1v) is 10.7. The van der Waals surface area contributed by atoms with Crippen molar-refractivity contribution in [2.75, 3.05) is 19.3 Å². The Balaban J connectivity index is 1.58. The molecule has 0 radical (unpaired) electrons. The van der Waals surface area contributed by atoms with Crippen molar-refractivity contribution in [2.24, 2.45) is 5.92 Å². The third-order valence-electron chi connectivity index (χ3n) is 6.16. The largest absolute Gasteiger partial charge is 0.497 e. The van der Waals surface area contributed by atoms with Crippen LogP contribution in [0.2, 0.25) is 0 Å². The summed E-state index contributed by atoms with van der Waals surface area (Å²) in [5, 5.41) is 1.66. The highest BCUT2D eigenvalue weighted by Crippen LogP contribution is 2.49. The SMILES string of the molecule is COc1ccc(OC)c([C@H]2[C@@H]3C(=O)N(Cc4ccccc4)C(=O)[C@H]3ON2c2ccccc2)c1. The molecule has 3 aromatic rings. The molecule has 3 aromatic carbocycles. The molecule has 3 atom stereocenters. The van der Waals surface area contributed by atoms with Gasteiger partial charge in [-0.05, 0) is 35.9 Å². The Morgan fingerprint density at radius 3 is 2.21 bits per heavy atom. The Morgan fingerprint density at radius 1 is 0.848 bits per heavy atom. The number of amides is 2. The van der Waals surface area contributed by atoms with E-state index in [1.165, 1.54) is 4.90 Å². The number of benzene rings is 3. The summed E-state index contributed by atoms with van der Waals surface area (Å²) in [6.45, 7) is 0.210. The van der Waals surface area contributed by atoms with Crippen molar-refractivity contribution in [3.05, 3.63) is 90.0 Å². The predicted molar refractivity (Wildman–Crippen MR) is 122 cm³/mol. The smallest absolute Gasteiger partial charge is 0.262 e. The molecule has 0 unspecified atom stereocenters. The minimum atomic E-state index is -0.915. The van der Waals surface area contributed by atoms with E-state index in [-0.39, 0.29) is 18.4 Å². The lowest BCUT2D eigenvalue weighted by atomic mass is 9.89. The average Bonchev–Trinajstić information content (AvgIpc) is 3.36. The number of anilines is 1. The molecule has 2 aliphatic rings. The molecular formula is C26H24N2O5. The number of nitrogens with zero attached hydrogens (tertiary/aromatic N) is 2. The standard InChI is InChI=1S/C26H24N2O5/c1-31-19-13-14-21(32-2)20(15-19)23-22-24(33-28(23)18-11-7-4-8-12-18)26(30)27(25(22)29)16-17-9-5-3-6-10-17/h3-15,22-24H,16H2,1-2H3/t22-,23-,24-/m0/s1. The number of likely N-dealkylation sites (tertiary alicyclic amines) is 1. The third kappa shape index (κ3) is 3.60. The van der Waals surface area contributed by atoms with Crippen LogP contribution in [0, 0.1) is 5.92 Å². The fourth-order valence-electron chi connectivity index (χ4n) is 4.58. The number of para-hydroxylation sites is 1. The maximum absolute atomic E-state index is 13.6. The number of rotatable bonds is 6. The van der Waals surface area contributed by atoms with Gasteiger partial charge in [-0.1, -0.05) is 48.5 Å². The molecule has 0 N–H and O–H groups in total. The van der Waals surface area contributed by atoms with Gasteiger partial charge in [-0.25, -0.2) is 5.06 Å². The van der Waals surface area contributed by atoms with Crippen LogP contribution in [-0.2, 0) is 21.0 Å². The van der Waals surface area contributed by atoms with Crippen LogP contribution >= 0.6 is 0 Å². The number of carbonyl (C=O) groups is 2. The number of imide groups is 1. The maximum Gasteiger partial charge on any atom is 0.262 e. The number of ether oxygens (including phenoxy) is 2. The van der Waals surface area contributed by atoms with E-state index in [2.05, 4.69) is 0 Å². The molecule has 0 aliphatic carbocycles. The quantitative estimate of drug-likeness (QED) is 0.540. The molecule has 2 fully saturated rings. The topological polar surface area (TPSA) is 68.3 Å². The molecule has 0 saturated carbocycles. The number of hydroxylamine groups is 1. The van der Waals surface area contributed by atoms with Crippen molar-refractivity contribution in [3.63, 3.8) is 0 Å². The maximum atomic E-state index is 13.6. The van der Waals surface area contributed by atoms with Crippen molar-refractivity contribution in [1.29, 1.82) is 0 Å². The number of hydrogen-bond acceptors (Lipinski definition) is 6. The van der Waals surface area contributed by atoms with E-state index < -0.39 is 18.1 Å². The average molecular weight is 444 g/mol. The highest BCUT2D eigenvalue weighted by Gasteiger charge is 2.60. The van der Waals surface area contributed by atoms with Crippen molar-refractivity contribution in [2.45, 2.75) is 18.7 Å². The summed E-state index contributed by atoms with van der Waals surface area (Å²) < 4.78 is 11.1. The van der Waals surface area contributed by atoms with E-state index in [0.29, 0.717) is 11.5 Å². The van der Waals surface area contributed by atoms with Crippen molar-refractivity contribution < 1.29 is 23.9 Å². The second-order valence-electron chi connectivity index (χ2n) is 8.01. The summed E-state index contributed by atoms with van der Waals surface area (Å²) in [5.41, 5.74) is 2.35. The van der Waals surface area contributed by atoms with Gasteiger partial charge < -0.3 is 9.47 Å². The van der Waals surface area contributed by atoms with Crippen LogP contribution in [0.3, 0.4) is 0 Å². The molecule has 2 saturated heterocycles. The van der Waals surface area contributed by atoms with Gasteiger partial charge in [0.1, 0.15) is 23.5 Å². The van der Waals surface area contributed by atoms with Crippen LogP contribution in [0.4, 0.5) is 5.69 Å². The zero-order valence-electron chi connectivity index (χ0n) is 18.4. The van der Waals surface area contributed by atoms with E-state index in [0.717, 1.165) is 16.8 Å². The van der Waals surface area contributed by atoms with E-state index in [9.17, 15) is 9.59 Å². The van der Waals surface area contributed by atoms with Crippen LogP contribution < -0.4 is 14.5 Å². The number of fused-ring (bicyclic) bond motifs is 1. The van der Waals surface area contributed by atoms with E-state index in [1.807, 2.05) is 66.7 Å². The van der Waals surface area contributed by atoms with Gasteiger partial charge in [-0.15, -0.1) is 0 Å². The Labute approximate surface area is 192 Å². The number of carbonyl (C=O) groups excluding carboxylic acids is 2. The molecule has 0 bridgehead atoms. The van der Waals surface area contributed by atoms with E-state index in [1.54, 1.807) is 31.4 Å². The first-order chi connectivity index (χ1) is 16.1. The van der Waals surface area contributed by atoms with Crippen molar-refractivity contribution >= 4 is 17.5 Å². The second kappa shape index (κ2) is 8.60. The zero-order chi connectivity index (χ0) is 22.9. The molecule has 168 valence electrons. The summed E-state index contributed by atoms with van der Waals surface area (Å²) in [5.74, 6) is -0.100. The highest BCUT2D eigenvalue weighted by atomic mass is 16.7. The van der Waals surface area contributed by atoms with Crippen LogP contribution in [0.25, 0.3) is 0 Å². The molecule has 2 heterocycles. The van der Waals surface area contributed by atoms with Gasteiger partial charge in [0.2, 0.25) is 5.91 Å². The third-order valence-corrected chi connectivity index (χ3v) is 6.16. The Bertz CT molecular complexity index is 1170. The summed E-state index contributed by atoms with van der Waals surface area (Å²) in [6, 6.07) is 23.8. The molecule has 33 heavy (non-hydrogen) atoms. The van der Waals surface area contributed by atoms with Gasteiger partial charge >= 0.3 is 0 Å². The summed E-state index contributed by atoms with van der Waals surface area (Å²) in [7, 11) is 3.16. The monoisotopic (exact) mass is 444 g/mol. The summed E-state index contributed by atoms with van der Waals surface area (Å²) in [6.07, 6.45) is -0.915. The van der Waals surface area contributed by atoms with Gasteiger partial charge in [0.15, 0.2) is 6.10 Å². The van der Waals surface area contributed by atoms with Crippen molar-refractivity contribution in [3.8, 4) is 11.5 Å². The highest BCUT2D eigenvalue weighted by molar-refractivity contribution is 6.07. The first-order valence-electron chi connectivity index (χ1n) is 10.7. The molecule has 2 amide bonds. The predicted octanol–water partition coefficient (Wildman–Crippen LogP) is 3.75. The van der Waals surface area contributed by atoms with Gasteiger partial charge in [0.05, 0.1) is 26.5 Å². The Kier molecular flexibility index (Phi) is 5.48. The molecule has 7 nitrogen and oxygen atoms in total. The molecular weight excluding hydrogens is 420 g/mol. The first kappa shape index (κ1) is 21.0. The van der Waals surface area contributed by atoms with Crippen LogP contribution in [-0.4, -0.2) is 37.0 Å². The minimum absolute atomic E-state index is 0.210. The van der Waals surface area contributed by atoms with Gasteiger partial charge in [-0.3, -0.25) is 19.3 Å². The fourth-order valence-corrected chi connectivity index (χ4v) is 4.58.